The summed E-state index contributed by atoms with van der Waals surface area (Å²) in [7, 11) is 0. The molecule has 1 saturated carbocycles. The van der Waals surface area contributed by atoms with E-state index in [1.165, 1.54) is 10.4 Å². The highest BCUT2D eigenvalue weighted by Gasteiger charge is 2.43. The molecule has 2 fully saturated rings. The Hall–Kier alpha value is -2.75. The molecule has 1 saturated heterocycles. The Balaban J connectivity index is 0.000000301. The molecule has 2 aromatic heterocycles. The van der Waals surface area contributed by atoms with E-state index in [0.29, 0.717) is 12.6 Å². The second kappa shape index (κ2) is 13.9. The number of aromatic nitrogens is 1. The van der Waals surface area contributed by atoms with Crippen molar-refractivity contribution in [2.75, 3.05) is 13.2 Å². The van der Waals surface area contributed by atoms with Crippen LogP contribution in [0.3, 0.4) is 0 Å². The molecule has 0 radical (unpaired) electrons. The number of alkyl halides is 6. The van der Waals surface area contributed by atoms with E-state index in [0.717, 1.165) is 38.2 Å². The molecule has 0 amide bonds. The number of halogens is 6. The number of aryl methyl sites for hydroxylation is 1. The van der Waals surface area contributed by atoms with Crippen LogP contribution in [0, 0.1) is 6.92 Å². The first-order valence-electron chi connectivity index (χ1n) is 11.2. The third-order valence-corrected chi connectivity index (χ3v) is 6.63. The fourth-order valence-electron chi connectivity index (χ4n) is 3.79. The van der Waals surface area contributed by atoms with E-state index in [2.05, 4.69) is 28.3 Å². The largest absolute Gasteiger partial charge is 0.490 e. The zero-order chi connectivity index (χ0) is 28.5. The monoisotopic (exact) mass is 572 g/mol. The topological polar surface area (TPSA) is 109 Å². The van der Waals surface area contributed by atoms with Crippen molar-refractivity contribution in [3.63, 3.8) is 0 Å². The Labute approximate surface area is 217 Å². The molecular formula is C23H26F6N2O6S. The van der Waals surface area contributed by atoms with Crippen LogP contribution >= 0.6 is 11.3 Å². The summed E-state index contributed by atoms with van der Waals surface area (Å²) in [5.74, 6) is -5.51. The maximum Gasteiger partial charge on any atom is 0.490 e. The summed E-state index contributed by atoms with van der Waals surface area (Å²) in [6, 6.07) is 8.65. The number of pyridine rings is 1. The zero-order valence-corrected chi connectivity index (χ0v) is 20.9. The van der Waals surface area contributed by atoms with Gasteiger partial charge in [0.1, 0.15) is 0 Å². The minimum Gasteiger partial charge on any atom is -0.475 e. The molecular weight excluding hydrogens is 546 g/mol. The molecule has 15 heteroatoms. The van der Waals surface area contributed by atoms with Gasteiger partial charge in [0.05, 0.1) is 31.1 Å². The summed E-state index contributed by atoms with van der Waals surface area (Å²) in [5.41, 5.74) is 2.40. The van der Waals surface area contributed by atoms with E-state index in [9.17, 15) is 26.3 Å². The van der Waals surface area contributed by atoms with Crippen LogP contribution in [-0.2, 0) is 32.2 Å². The number of hydrogen-bond donors (Lipinski definition) is 2. The van der Waals surface area contributed by atoms with Gasteiger partial charge in [-0.25, -0.2) is 9.59 Å². The highest BCUT2D eigenvalue weighted by molar-refractivity contribution is 7.10. The van der Waals surface area contributed by atoms with Crippen LogP contribution in [0.25, 0.3) is 0 Å². The number of carbonyl (C=O) groups is 2. The van der Waals surface area contributed by atoms with Gasteiger partial charge in [-0.2, -0.15) is 26.3 Å². The van der Waals surface area contributed by atoms with Crippen LogP contribution in [0.5, 0.6) is 0 Å². The molecule has 3 atom stereocenters. The molecule has 38 heavy (non-hydrogen) atoms. The van der Waals surface area contributed by atoms with Gasteiger partial charge in [0.25, 0.3) is 0 Å². The van der Waals surface area contributed by atoms with Crippen molar-refractivity contribution >= 4 is 23.3 Å². The highest BCUT2D eigenvalue weighted by atomic mass is 32.1. The number of fused-ring (bicyclic) bond motifs is 1. The normalized spacial score (nSPS) is 21.4. The summed E-state index contributed by atoms with van der Waals surface area (Å²) in [4.78, 5) is 26.2. The van der Waals surface area contributed by atoms with Gasteiger partial charge in [0.2, 0.25) is 0 Å². The lowest BCUT2D eigenvalue weighted by atomic mass is 10.1. The quantitative estimate of drug-likeness (QED) is 0.498. The van der Waals surface area contributed by atoms with E-state index in [1.54, 1.807) is 0 Å². The third-order valence-electron chi connectivity index (χ3n) is 5.62. The Kier molecular flexibility index (Phi) is 11.5. The van der Waals surface area contributed by atoms with Crippen LogP contribution in [0.2, 0.25) is 0 Å². The predicted octanol–water partition coefficient (Wildman–Crippen LogP) is 4.67. The van der Waals surface area contributed by atoms with Crippen molar-refractivity contribution in [3.8, 4) is 0 Å². The first-order valence-corrected chi connectivity index (χ1v) is 12.1. The summed E-state index contributed by atoms with van der Waals surface area (Å²) in [5, 5.41) is 16.4. The number of morpholine rings is 1. The number of aliphatic carboxylic acids is 2. The Morgan fingerprint density at radius 2 is 1.74 bits per heavy atom. The van der Waals surface area contributed by atoms with Gasteiger partial charge in [0.15, 0.2) is 0 Å². The number of carboxylic acids is 2. The molecule has 0 unspecified atom stereocenters. The standard InChI is InChI=1S/C19H24N2O2S.2C2HF3O2/c1-14-7-11-24-18(14)12-21-9-10-22-19-16(21)5-6-17(19)23-13-15-4-2-3-8-20-15;2*3-2(4,5)1(6)7/h2-4,7-8,11,16-17,19H,5-6,9-10,12-13H2,1H3;2*(H,6,7)/t16-,17+,19+;;/m0../s1. The SMILES string of the molecule is Cc1ccsc1CN1CCO[C@H]2[C@H](OCc3ccccn3)CC[C@@H]21.O=C(O)C(F)(F)F.O=C(O)C(F)(F)F. The average molecular weight is 573 g/mol. The van der Waals surface area contributed by atoms with E-state index >= 15 is 0 Å². The van der Waals surface area contributed by atoms with Crippen molar-refractivity contribution in [2.24, 2.45) is 0 Å². The first-order chi connectivity index (χ1) is 17.7. The molecule has 2 N–H and O–H groups in total. The minimum absolute atomic E-state index is 0.184. The molecule has 3 heterocycles. The summed E-state index contributed by atoms with van der Waals surface area (Å²) in [6.45, 7) is 5.64. The van der Waals surface area contributed by atoms with Gasteiger partial charge in [-0.05, 0) is 48.9 Å². The van der Waals surface area contributed by atoms with E-state index in [-0.39, 0.29) is 12.2 Å². The maximum atomic E-state index is 10.6. The number of ether oxygens (including phenoxy) is 2. The molecule has 2 aromatic rings. The lowest BCUT2D eigenvalue weighted by molar-refractivity contribution is -0.193. The van der Waals surface area contributed by atoms with Gasteiger partial charge < -0.3 is 19.7 Å². The van der Waals surface area contributed by atoms with Gasteiger partial charge in [-0.3, -0.25) is 9.88 Å². The van der Waals surface area contributed by atoms with Gasteiger partial charge in [0, 0.05) is 30.2 Å². The van der Waals surface area contributed by atoms with Crippen LogP contribution in [0.1, 0.15) is 29.0 Å². The summed E-state index contributed by atoms with van der Waals surface area (Å²) in [6.07, 6.45) is -5.74. The van der Waals surface area contributed by atoms with Crippen molar-refractivity contribution in [2.45, 2.75) is 63.5 Å². The smallest absolute Gasteiger partial charge is 0.475 e. The van der Waals surface area contributed by atoms with Crippen molar-refractivity contribution < 1.29 is 55.6 Å². The molecule has 0 bridgehead atoms. The van der Waals surface area contributed by atoms with Crippen LogP contribution in [0.15, 0.2) is 35.8 Å². The molecule has 1 aliphatic heterocycles. The molecule has 0 aromatic carbocycles. The number of rotatable bonds is 5. The second-order valence-corrected chi connectivity index (χ2v) is 9.25. The summed E-state index contributed by atoms with van der Waals surface area (Å²) < 4.78 is 75.7. The summed E-state index contributed by atoms with van der Waals surface area (Å²) >= 11 is 1.86. The van der Waals surface area contributed by atoms with Crippen molar-refractivity contribution in [3.05, 3.63) is 52.0 Å². The Morgan fingerprint density at radius 3 is 2.24 bits per heavy atom. The highest BCUT2D eigenvalue weighted by Crippen LogP contribution is 2.34. The second-order valence-electron chi connectivity index (χ2n) is 8.25. The van der Waals surface area contributed by atoms with Crippen LogP contribution < -0.4 is 0 Å². The average Bonchev–Trinajstić information content (AvgIpc) is 3.44. The lowest BCUT2D eigenvalue weighted by Gasteiger charge is -2.39. The van der Waals surface area contributed by atoms with E-state index in [1.807, 2.05) is 35.7 Å². The van der Waals surface area contributed by atoms with Gasteiger partial charge in [-0.15, -0.1) is 11.3 Å². The van der Waals surface area contributed by atoms with Gasteiger partial charge >= 0.3 is 24.3 Å². The Morgan fingerprint density at radius 1 is 1.11 bits per heavy atom. The third kappa shape index (κ3) is 9.85. The number of carboxylic acid groups (broad SMARTS) is 2. The molecule has 4 rings (SSSR count). The van der Waals surface area contributed by atoms with Crippen molar-refractivity contribution in [1.29, 1.82) is 0 Å². The number of hydrogen-bond acceptors (Lipinski definition) is 7. The first kappa shape index (κ1) is 31.5. The molecule has 212 valence electrons. The van der Waals surface area contributed by atoms with Crippen molar-refractivity contribution in [1.82, 2.24) is 9.88 Å². The van der Waals surface area contributed by atoms with E-state index in [4.69, 9.17) is 29.3 Å². The van der Waals surface area contributed by atoms with E-state index < -0.39 is 24.3 Å². The fraction of sp³-hybridized carbons (Fsp3) is 0.522. The number of nitrogens with zero attached hydrogens (tertiary/aromatic N) is 2. The van der Waals surface area contributed by atoms with Gasteiger partial charge in [-0.1, -0.05) is 6.07 Å². The predicted molar refractivity (Wildman–Crippen MR) is 122 cm³/mol. The number of thiophene rings is 1. The zero-order valence-electron chi connectivity index (χ0n) is 20.0. The molecule has 2 aliphatic rings. The molecule has 0 spiro atoms. The fourth-order valence-corrected chi connectivity index (χ4v) is 4.72. The molecule has 8 nitrogen and oxygen atoms in total. The maximum absolute atomic E-state index is 10.6. The van der Waals surface area contributed by atoms with Crippen LogP contribution in [0.4, 0.5) is 26.3 Å². The Bertz CT molecular complexity index is 1010. The lowest BCUT2D eigenvalue weighted by Crippen LogP contribution is -2.51. The molecule has 1 aliphatic carbocycles. The minimum atomic E-state index is -5.08. The van der Waals surface area contributed by atoms with Crippen LogP contribution in [-0.4, -0.2) is 75.8 Å².